The van der Waals surface area contributed by atoms with Gasteiger partial charge in [0.25, 0.3) is 0 Å². The van der Waals surface area contributed by atoms with E-state index in [4.69, 9.17) is 0 Å². The second-order valence-corrected chi connectivity index (χ2v) is 5.94. The van der Waals surface area contributed by atoms with E-state index < -0.39 is 0 Å². The first-order valence-corrected chi connectivity index (χ1v) is 7.61. The Hall–Kier alpha value is -0.570. The molecule has 1 unspecified atom stereocenters. The third kappa shape index (κ3) is 4.60. The molecule has 0 aromatic rings. The maximum Gasteiger partial charge on any atom is 0.226 e. The summed E-state index contributed by atoms with van der Waals surface area (Å²) in [5.41, 5.74) is -0.145. The van der Waals surface area contributed by atoms with Crippen LogP contribution in [-0.4, -0.2) is 25.5 Å². The lowest BCUT2D eigenvalue weighted by Crippen LogP contribution is -2.46. The number of hydrogen-bond donors (Lipinski definition) is 2. The van der Waals surface area contributed by atoms with Crippen molar-refractivity contribution >= 4 is 5.91 Å². The second-order valence-electron chi connectivity index (χ2n) is 5.94. The largest absolute Gasteiger partial charge is 0.355 e. The van der Waals surface area contributed by atoms with Gasteiger partial charge in [-0.2, -0.15) is 0 Å². The maximum atomic E-state index is 12.3. The fourth-order valence-corrected chi connectivity index (χ4v) is 2.60. The van der Waals surface area contributed by atoms with E-state index >= 15 is 0 Å². The standard InChI is InChI=1S/C15H30N2O/c1-4-6-7-13(5-2)12-17-14(18)15(3)8-10-16-11-9-15/h13,16H,4-12H2,1-3H3,(H,17,18). The highest BCUT2D eigenvalue weighted by molar-refractivity contribution is 5.82. The summed E-state index contributed by atoms with van der Waals surface area (Å²) in [6.45, 7) is 9.35. The van der Waals surface area contributed by atoms with Gasteiger partial charge in [0.15, 0.2) is 0 Å². The molecule has 1 heterocycles. The van der Waals surface area contributed by atoms with E-state index in [0.717, 1.165) is 32.5 Å². The van der Waals surface area contributed by atoms with Crippen LogP contribution in [0.15, 0.2) is 0 Å². The molecule has 0 spiro atoms. The lowest BCUT2D eigenvalue weighted by molar-refractivity contribution is -0.131. The zero-order chi connectivity index (χ0) is 13.4. The van der Waals surface area contributed by atoms with E-state index in [1.54, 1.807) is 0 Å². The molecule has 3 nitrogen and oxygen atoms in total. The Kier molecular flexibility index (Phi) is 6.69. The van der Waals surface area contributed by atoms with Gasteiger partial charge in [-0.3, -0.25) is 4.79 Å². The average molecular weight is 254 g/mol. The van der Waals surface area contributed by atoms with Crippen LogP contribution >= 0.6 is 0 Å². The number of nitrogens with one attached hydrogen (secondary N) is 2. The lowest BCUT2D eigenvalue weighted by atomic mass is 9.80. The van der Waals surface area contributed by atoms with Crippen LogP contribution in [0.5, 0.6) is 0 Å². The fraction of sp³-hybridized carbons (Fsp3) is 0.933. The molecular weight excluding hydrogens is 224 g/mol. The van der Waals surface area contributed by atoms with Gasteiger partial charge in [0, 0.05) is 12.0 Å². The first-order valence-electron chi connectivity index (χ1n) is 7.61. The SMILES string of the molecule is CCCCC(CC)CNC(=O)C1(C)CCNCC1. The van der Waals surface area contributed by atoms with Crippen molar-refractivity contribution in [2.45, 2.75) is 59.3 Å². The van der Waals surface area contributed by atoms with Gasteiger partial charge >= 0.3 is 0 Å². The van der Waals surface area contributed by atoms with E-state index in [1.165, 1.54) is 25.7 Å². The van der Waals surface area contributed by atoms with Crippen molar-refractivity contribution < 1.29 is 4.79 Å². The topological polar surface area (TPSA) is 41.1 Å². The molecule has 1 fully saturated rings. The monoisotopic (exact) mass is 254 g/mol. The van der Waals surface area contributed by atoms with Crippen molar-refractivity contribution in [1.82, 2.24) is 10.6 Å². The van der Waals surface area contributed by atoms with E-state index in [1.807, 2.05) is 0 Å². The summed E-state index contributed by atoms with van der Waals surface area (Å²) < 4.78 is 0. The zero-order valence-corrected chi connectivity index (χ0v) is 12.3. The molecule has 1 aliphatic rings. The summed E-state index contributed by atoms with van der Waals surface area (Å²) in [7, 11) is 0. The average Bonchev–Trinajstić information content (AvgIpc) is 2.39. The van der Waals surface area contributed by atoms with Gasteiger partial charge in [-0.1, -0.05) is 40.0 Å². The maximum absolute atomic E-state index is 12.3. The number of unbranched alkanes of at least 4 members (excludes halogenated alkanes) is 1. The van der Waals surface area contributed by atoms with Crippen molar-refractivity contribution in [3.63, 3.8) is 0 Å². The van der Waals surface area contributed by atoms with Gasteiger partial charge in [-0.25, -0.2) is 0 Å². The summed E-state index contributed by atoms with van der Waals surface area (Å²) >= 11 is 0. The number of amides is 1. The fourth-order valence-electron chi connectivity index (χ4n) is 2.60. The molecule has 1 atom stereocenters. The Balaban J connectivity index is 2.34. The molecule has 1 amide bonds. The van der Waals surface area contributed by atoms with Crippen molar-refractivity contribution in [3.05, 3.63) is 0 Å². The van der Waals surface area contributed by atoms with Crippen LogP contribution in [0.3, 0.4) is 0 Å². The highest BCUT2D eigenvalue weighted by atomic mass is 16.2. The summed E-state index contributed by atoms with van der Waals surface area (Å²) in [5.74, 6) is 0.915. The number of rotatable bonds is 7. The molecule has 0 bridgehead atoms. The highest BCUT2D eigenvalue weighted by Gasteiger charge is 2.34. The summed E-state index contributed by atoms with van der Waals surface area (Å²) in [5, 5.41) is 6.50. The molecule has 0 aromatic carbocycles. The van der Waals surface area contributed by atoms with Gasteiger partial charge in [0.05, 0.1) is 0 Å². The van der Waals surface area contributed by atoms with Crippen LogP contribution in [-0.2, 0) is 4.79 Å². The smallest absolute Gasteiger partial charge is 0.226 e. The van der Waals surface area contributed by atoms with Gasteiger partial charge in [-0.05, 0) is 38.3 Å². The van der Waals surface area contributed by atoms with Crippen LogP contribution in [0.2, 0.25) is 0 Å². The van der Waals surface area contributed by atoms with E-state index in [2.05, 4.69) is 31.4 Å². The number of carbonyl (C=O) groups is 1. The van der Waals surface area contributed by atoms with Gasteiger partial charge in [0.1, 0.15) is 0 Å². The molecule has 0 saturated carbocycles. The Labute approximate surface area is 112 Å². The van der Waals surface area contributed by atoms with E-state index in [0.29, 0.717) is 5.92 Å². The Morgan fingerprint density at radius 1 is 1.33 bits per heavy atom. The van der Waals surface area contributed by atoms with Crippen LogP contribution in [0, 0.1) is 11.3 Å². The molecule has 1 aliphatic heterocycles. The predicted octanol–water partition coefficient (Wildman–Crippen LogP) is 2.71. The normalized spacial score (nSPS) is 20.4. The molecule has 1 saturated heterocycles. The van der Waals surface area contributed by atoms with Crippen LogP contribution in [0.1, 0.15) is 59.3 Å². The van der Waals surface area contributed by atoms with Gasteiger partial charge in [-0.15, -0.1) is 0 Å². The second kappa shape index (κ2) is 7.78. The zero-order valence-electron chi connectivity index (χ0n) is 12.3. The Morgan fingerprint density at radius 2 is 2.00 bits per heavy atom. The molecule has 1 rings (SSSR count). The third-order valence-corrected chi connectivity index (χ3v) is 4.35. The van der Waals surface area contributed by atoms with Crippen LogP contribution in [0.25, 0.3) is 0 Å². The van der Waals surface area contributed by atoms with Crippen molar-refractivity contribution in [2.24, 2.45) is 11.3 Å². The molecule has 0 aromatic heterocycles. The Bertz CT molecular complexity index is 247. The predicted molar refractivity (Wildman–Crippen MR) is 76.5 cm³/mol. The summed E-state index contributed by atoms with van der Waals surface area (Å²) in [4.78, 5) is 12.3. The lowest BCUT2D eigenvalue weighted by Gasteiger charge is -2.33. The van der Waals surface area contributed by atoms with Gasteiger partial charge in [0.2, 0.25) is 5.91 Å². The van der Waals surface area contributed by atoms with E-state index in [9.17, 15) is 4.79 Å². The molecular formula is C15H30N2O. The quantitative estimate of drug-likeness (QED) is 0.733. The molecule has 0 aliphatic carbocycles. The first kappa shape index (κ1) is 15.5. The molecule has 18 heavy (non-hydrogen) atoms. The number of piperidine rings is 1. The van der Waals surface area contributed by atoms with Crippen molar-refractivity contribution in [3.8, 4) is 0 Å². The number of carbonyl (C=O) groups excluding carboxylic acids is 1. The highest BCUT2D eigenvalue weighted by Crippen LogP contribution is 2.28. The van der Waals surface area contributed by atoms with Gasteiger partial charge < -0.3 is 10.6 Å². The van der Waals surface area contributed by atoms with Crippen molar-refractivity contribution in [2.75, 3.05) is 19.6 Å². The Morgan fingerprint density at radius 3 is 2.56 bits per heavy atom. The molecule has 0 radical (unpaired) electrons. The van der Waals surface area contributed by atoms with Crippen LogP contribution in [0.4, 0.5) is 0 Å². The molecule has 3 heteroatoms. The van der Waals surface area contributed by atoms with E-state index in [-0.39, 0.29) is 11.3 Å². The minimum absolute atomic E-state index is 0.145. The van der Waals surface area contributed by atoms with Crippen LogP contribution < -0.4 is 10.6 Å². The molecule has 106 valence electrons. The summed E-state index contributed by atoms with van der Waals surface area (Å²) in [6.07, 6.45) is 6.85. The molecule has 2 N–H and O–H groups in total. The summed E-state index contributed by atoms with van der Waals surface area (Å²) in [6, 6.07) is 0. The first-order chi connectivity index (χ1) is 8.62. The number of hydrogen-bond acceptors (Lipinski definition) is 2. The minimum atomic E-state index is -0.145. The minimum Gasteiger partial charge on any atom is -0.355 e. The third-order valence-electron chi connectivity index (χ3n) is 4.35. The van der Waals surface area contributed by atoms with Crippen molar-refractivity contribution in [1.29, 1.82) is 0 Å².